The maximum Gasteiger partial charge on any atom is 0.153 e. The molecule has 19 heavy (non-hydrogen) atoms. The van der Waals surface area contributed by atoms with E-state index >= 15 is 0 Å². The minimum atomic E-state index is 0.639. The van der Waals surface area contributed by atoms with Crippen molar-refractivity contribution in [1.29, 1.82) is 0 Å². The van der Waals surface area contributed by atoms with Gasteiger partial charge in [-0.3, -0.25) is 0 Å². The molecule has 0 amide bonds. The summed E-state index contributed by atoms with van der Waals surface area (Å²) in [6, 6.07) is 16.2. The molecule has 0 fully saturated rings. The molecule has 3 aromatic carbocycles. The van der Waals surface area contributed by atoms with Crippen LogP contribution in [0.15, 0.2) is 53.0 Å². The minimum absolute atomic E-state index is 0.639. The Labute approximate surface area is 123 Å². The molecule has 0 aromatic heterocycles. The third kappa shape index (κ3) is 1.60. The molecule has 1 heterocycles. The third-order valence-electron chi connectivity index (χ3n) is 3.37. The number of hydrogen-bond donors (Lipinski definition) is 0. The quantitative estimate of drug-likeness (QED) is 0.382. The Morgan fingerprint density at radius 3 is 2.63 bits per heavy atom. The lowest BCUT2D eigenvalue weighted by molar-refractivity contribution is 0.487. The van der Waals surface area contributed by atoms with Crippen molar-refractivity contribution in [1.82, 2.24) is 0 Å². The standard InChI is InChI=1S/C16H8BrClO/c17-10-7-9-3-1-4-11-12-5-2-6-13(18)16(12)19-14(8-10)15(9)11/h1-8H. The van der Waals surface area contributed by atoms with Crippen LogP contribution in [0.5, 0.6) is 11.5 Å². The summed E-state index contributed by atoms with van der Waals surface area (Å²) in [5.74, 6) is 1.59. The fourth-order valence-corrected chi connectivity index (χ4v) is 3.26. The first-order chi connectivity index (χ1) is 9.24. The molecule has 0 N–H and O–H groups in total. The molecule has 4 rings (SSSR count). The monoisotopic (exact) mass is 330 g/mol. The summed E-state index contributed by atoms with van der Waals surface area (Å²) in [6.07, 6.45) is 0. The molecule has 0 atom stereocenters. The summed E-state index contributed by atoms with van der Waals surface area (Å²) < 4.78 is 7.00. The molecule has 1 aliphatic heterocycles. The molecule has 0 radical (unpaired) electrons. The minimum Gasteiger partial charge on any atom is -0.454 e. The van der Waals surface area contributed by atoms with Gasteiger partial charge in [0.1, 0.15) is 5.75 Å². The Kier molecular flexibility index (Phi) is 2.38. The van der Waals surface area contributed by atoms with Gasteiger partial charge in [-0.2, -0.15) is 0 Å². The number of ether oxygens (including phenoxy) is 1. The molecule has 0 aliphatic carbocycles. The van der Waals surface area contributed by atoms with Crippen molar-refractivity contribution in [2.45, 2.75) is 0 Å². The highest BCUT2D eigenvalue weighted by Crippen LogP contribution is 2.49. The summed E-state index contributed by atoms with van der Waals surface area (Å²) in [6.45, 7) is 0. The first kappa shape index (κ1) is 11.3. The summed E-state index contributed by atoms with van der Waals surface area (Å²) in [4.78, 5) is 0. The topological polar surface area (TPSA) is 9.23 Å². The van der Waals surface area contributed by atoms with E-state index in [0.29, 0.717) is 5.02 Å². The normalized spacial score (nSPS) is 12.1. The molecular weight excluding hydrogens is 324 g/mol. The van der Waals surface area contributed by atoms with Gasteiger partial charge in [-0.25, -0.2) is 0 Å². The smallest absolute Gasteiger partial charge is 0.153 e. The van der Waals surface area contributed by atoms with E-state index in [-0.39, 0.29) is 0 Å². The van der Waals surface area contributed by atoms with Crippen LogP contribution in [-0.2, 0) is 0 Å². The van der Waals surface area contributed by atoms with Crippen LogP contribution in [0.25, 0.3) is 21.9 Å². The maximum atomic E-state index is 6.25. The average Bonchev–Trinajstić information content (AvgIpc) is 2.40. The van der Waals surface area contributed by atoms with E-state index < -0.39 is 0 Å². The summed E-state index contributed by atoms with van der Waals surface area (Å²) in [5, 5.41) is 2.94. The van der Waals surface area contributed by atoms with Crippen LogP contribution >= 0.6 is 27.5 Å². The zero-order chi connectivity index (χ0) is 13.0. The van der Waals surface area contributed by atoms with E-state index in [0.717, 1.165) is 32.3 Å². The Balaban J connectivity index is 2.19. The number of fused-ring (bicyclic) bond motifs is 2. The highest BCUT2D eigenvalue weighted by Gasteiger charge is 2.21. The number of para-hydroxylation sites is 1. The van der Waals surface area contributed by atoms with Crippen molar-refractivity contribution in [2.24, 2.45) is 0 Å². The van der Waals surface area contributed by atoms with Crippen LogP contribution in [0.4, 0.5) is 0 Å². The number of halogens is 2. The van der Waals surface area contributed by atoms with Gasteiger partial charge in [0.15, 0.2) is 5.75 Å². The summed E-state index contributed by atoms with van der Waals surface area (Å²) in [7, 11) is 0. The maximum absolute atomic E-state index is 6.25. The van der Waals surface area contributed by atoms with E-state index in [4.69, 9.17) is 16.3 Å². The SMILES string of the molecule is Clc1cccc2c1Oc1cc(Br)cc3cccc-2c13. The van der Waals surface area contributed by atoms with Gasteiger partial charge in [0, 0.05) is 15.4 Å². The highest BCUT2D eigenvalue weighted by atomic mass is 79.9. The van der Waals surface area contributed by atoms with Gasteiger partial charge < -0.3 is 4.74 Å². The van der Waals surface area contributed by atoms with E-state index in [1.54, 1.807) is 0 Å². The van der Waals surface area contributed by atoms with Gasteiger partial charge in [-0.1, -0.05) is 57.9 Å². The fraction of sp³-hybridized carbons (Fsp3) is 0. The van der Waals surface area contributed by atoms with Crippen molar-refractivity contribution in [2.75, 3.05) is 0 Å². The lowest BCUT2D eigenvalue weighted by atomic mass is 9.95. The molecule has 0 bridgehead atoms. The van der Waals surface area contributed by atoms with Crippen LogP contribution in [-0.4, -0.2) is 0 Å². The number of hydrogen-bond acceptors (Lipinski definition) is 1. The van der Waals surface area contributed by atoms with Crippen LogP contribution < -0.4 is 4.74 Å². The summed E-state index contributed by atoms with van der Waals surface area (Å²) >= 11 is 9.76. The number of benzene rings is 3. The van der Waals surface area contributed by atoms with Gasteiger partial charge in [0.2, 0.25) is 0 Å². The Bertz CT molecular complexity index is 826. The van der Waals surface area contributed by atoms with E-state index in [2.05, 4.69) is 40.2 Å². The molecule has 3 aromatic rings. The first-order valence-electron chi connectivity index (χ1n) is 5.93. The fourth-order valence-electron chi connectivity index (χ4n) is 2.59. The lowest BCUT2D eigenvalue weighted by Gasteiger charge is -2.22. The van der Waals surface area contributed by atoms with Crippen molar-refractivity contribution in [3.8, 4) is 22.6 Å². The zero-order valence-corrected chi connectivity index (χ0v) is 12.1. The van der Waals surface area contributed by atoms with E-state index in [9.17, 15) is 0 Å². The molecule has 1 aliphatic rings. The van der Waals surface area contributed by atoms with Crippen molar-refractivity contribution in [3.63, 3.8) is 0 Å². The number of rotatable bonds is 0. The molecule has 1 nitrogen and oxygen atoms in total. The lowest BCUT2D eigenvalue weighted by Crippen LogP contribution is -1.97. The van der Waals surface area contributed by atoms with E-state index in [1.165, 1.54) is 5.56 Å². The largest absolute Gasteiger partial charge is 0.454 e. The molecule has 0 unspecified atom stereocenters. The summed E-state index contributed by atoms with van der Waals surface area (Å²) in [5.41, 5.74) is 2.22. The molecule has 0 saturated carbocycles. The predicted octanol–water partition coefficient (Wildman–Crippen LogP) is 6.03. The van der Waals surface area contributed by atoms with Gasteiger partial charge in [0.25, 0.3) is 0 Å². The zero-order valence-electron chi connectivity index (χ0n) is 9.78. The van der Waals surface area contributed by atoms with Crippen molar-refractivity contribution in [3.05, 3.63) is 58.0 Å². The second-order valence-electron chi connectivity index (χ2n) is 4.53. The van der Waals surface area contributed by atoms with E-state index in [1.807, 2.05) is 24.3 Å². The van der Waals surface area contributed by atoms with Crippen LogP contribution in [0.3, 0.4) is 0 Å². The van der Waals surface area contributed by atoms with Gasteiger partial charge in [-0.15, -0.1) is 0 Å². The third-order valence-corrected chi connectivity index (χ3v) is 4.13. The second-order valence-corrected chi connectivity index (χ2v) is 5.85. The van der Waals surface area contributed by atoms with Gasteiger partial charge in [-0.05, 0) is 29.1 Å². The van der Waals surface area contributed by atoms with Gasteiger partial charge >= 0.3 is 0 Å². The Hall–Kier alpha value is -1.51. The average molecular weight is 332 g/mol. The first-order valence-corrected chi connectivity index (χ1v) is 7.10. The molecular formula is C16H8BrClO. The van der Waals surface area contributed by atoms with Crippen molar-refractivity contribution >= 4 is 38.3 Å². The molecule has 0 spiro atoms. The van der Waals surface area contributed by atoms with Crippen LogP contribution in [0, 0.1) is 0 Å². The second kappa shape index (κ2) is 3.99. The molecule has 3 heteroatoms. The molecule has 0 saturated heterocycles. The van der Waals surface area contributed by atoms with Crippen LogP contribution in [0.1, 0.15) is 0 Å². The highest BCUT2D eigenvalue weighted by molar-refractivity contribution is 9.10. The Morgan fingerprint density at radius 2 is 1.74 bits per heavy atom. The van der Waals surface area contributed by atoms with Crippen molar-refractivity contribution < 1.29 is 4.74 Å². The predicted molar refractivity (Wildman–Crippen MR) is 82.2 cm³/mol. The Morgan fingerprint density at radius 1 is 0.947 bits per heavy atom. The van der Waals surface area contributed by atoms with Crippen LogP contribution in [0.2, 0.25) is 5.02 Å². The molecule has 92 valence electrons. The van der Waals surface area contributed by atoms with Gasteiger partial charge in [0.05, 0.1) is 5.02 Å².